The maximum absolute atomic E-state index is 12.4. The monoisotopic (exact) mass is 315 g/mol. The number of nitrogens with zero attached hydrogens (tertiary/aromatic N) is 1. The van der Waals surface area contributed by atoms with Crippen LogP contribution in [0.5, 0.6) is 0 Å². The molecule has 0 aromatic carbocycles. The van der Waals surface area contributed by atoms with Crippen molar-refractivity contribution in [1.82, 2.24) is 4.31 Å². The van der Waals surface area contributed by atoms with Crippen molar-refractivity contribution in [2.75, 3.05) is 44.9 Å². The molecule has 0 aromatic rings. The summed E-state index contributed by atoms with van der Waals surface area (Å²) in [7, 11) is -5.20. The third-order valence-electron chi connectivity index (χ3n) is 3.18. The van der Waals surface area contributed by atoms with Gasteiger partial charge in [0.1, 0.15) is 9.84 Å². The summed E-state index contributed by atoms with van der Waals surface area (Å²) in [4.78, 5) is 0. The largest absolute Gasteiger partial charge is 0.395 e. The molecule has 1 fully saturated rings. The lowest BCUT2D eigenvalue weighted by Gasteiger charge is -2.29. The summed E-state index contributed by atoms with van der Waals surface area (Å²) in [6.45, 7) is 0.149. The molecular weight excluding hydrogens is 294 g/mol. The Morgan fingerprint density at radius 1 is 1.26 bits per heavy atom. The first-order valence-electron chi connectivity index (χ1n) is 6.12. The van der Waals surface area contributed by atoms with Crippen LogP contribution in [0, 0.1) is 0 Å². The van der Waals surface area contributed by atoms with Gasteiger partial charge in [-0.05, 0) is 12.8 Å². The summed E-state index contributed by atoms with van der Waals surface area (Å²) in [5, 5.41) is 8.26. The molecule has 7 nitrogen and oxygen atoms in total. The summed E-state index contributed by atoms with van der Waals surface area (Å²) < 4.78 is 53.4. The van der Waals surface area contributed by atoms with Gasteiger partial charge in [-0.2, -0.15) is 4.31 Å². The van der Waals surface area contributed by atoms with Gasteiger partial charge in [0.05, 0.1) is 30.0 Å². The number of aliphatic hydroxyl groups is 1. The van der Waals surface area contributed by atoms with Crippen LogP contribution < -0.4 is 0 Å². The maximum atomic E-state index is 12.4. The van der Waals surface area contributed by atoms with Gasteiger partial charge in [-0.25, -0.2) is 16.8 Å². The summed E-state index contributed by atoms with van der Waals surface area (Å²) in [6, 6.07) is 0. The summed E-state index contributed by atoms with van der Waals surface area (Å²) in [6.07, 6.45) is 0.249. The Morgan fingerprint density at radius 3 is 2.32 bits per heavy atom. The van der Waals surface area contributed by atoms with E-state index in [1.54, 1.807) is 0 Å². The molecule has 0 spiro atoms. The third-order valence-corrected chi connectivity index (χ3v) is 7.29. The van der Waals surface area contributed by atoms with E-state index < -0.39 is 25.1 Å². The Kier molecular flexibility index (Phi) is 6.18. The fourth-order valence-electron chi connectivity index (χ4n) is 2.05. The van der Waals surface area contributed by atoms with E-state index in [0.29, 0.717) is 0 Å². The van der Waals surface area contributed by atoms with E-state index in [1.807, 2.05) is 0 Å². The minimum atomic E-state index is -3.58. The summed E-state index contributed by atoms with van der Waals surface area (Å²) >= 11 is 0. The molecule has 0 atom stereocenters. The highest BCUT2D eigenvalue weighted by molar-refractivity contribution is 7.92. The molecule has 1 rings (SSSR count). The van der Waals surface area contributed by atoms with Gasteiger partial charge in [0.2, 0.25) is 10.0 Å². The van der Waals surface area contributed by atoms with E-state index in [4.69, 9.17) is 9.84 Å². The smallest absolute Gasteiger partial charge is 0.217 e. The van der Waals surface area contributed by atoms with Crippen LogP contribution in [0.3, 0.4) is 0 Å². The Morgan fingerprint density at radius 2 is 1.84 bits per heavy atom. The van der Waals surface area contributed by atoms with Crippen LogP contribution in [0.15, 0.2) is 0 Å². The van der Waals surface area contributed by atoms with E-state index in [1.165, 1.54) is 11.4 Å². The number of hydrogen-bond donors (Lipinski definition) is 1. The van der Waals surface area contributed by atoms with E-state index in [9.17, 15) is 16.8 Å². The number of rotatable bonds is 7. The molecule has 0 bridgehead atoms. The summed E-state index contributed by atoms with van der Waals surface area (Å²) in [5.41, 5.74) is 0. The third kappa shape index (κ3) is 4.67. The van der Waals surface area contributed by atoms with Gasteiger partial charge in [-0.15, -0.1) is 0 Å². The number of sulfonamides is 1. The molecule has 0 unspecified atom stereocenters. The van der Waals surface area contributed by atoms with Crippen molar-refractivity contribution in [1.29, 1.82) is 0 Å². The minimum absolute atomic E-state index is 0.00887. The topological polar surface area (TPSA) is 101 Å². The molecule has 0 aliphatic carbocycles. The zero-order valence-corrected chi connectivity index (χ0v) is 12.6. The van der Waals surface area contributed by atoms with Crippen molar-refractivity contribution in [2.45, 2.75) is 18.1 Å². The van der Waals surface area contributed by atoms with Crippen molar-refractivity contribution in [3.8, 4) is 0 Å². The second kappa shape index (κ2) is 6.98. The molecule has 0 saturated carbocycles. The molecular formula is C10H21NO6S2. The standard InChI is InChI=1S/C10H21NO6S2/c1-17-7-5-11(4-6-12)19(15,16)10-2-8-18(13,14)9-3-10/h10,12H,2-9H2,1H3. The van der Waals surface area contributed by atoms with Gasteiger partial charge in [-0.1, -0.05) is 0 Å². The second-order valence-electron chi connectivity index (χ2n) is 4.51. The van der Waals surface area contributed by atoms with E-state index >= 15 is 0 Å². The average Bonchev–Trinajstić information content (AvgIpc) is 2.33. The maximum Gasteiger partial charge on any atom is 0.217 e. The van der Waals surface area contributed by atoms with Gasteiger partial charge in [-0.3, -0.25) is 0 Å². The minimum Gasteiger partial charge on any atom is -0.395 e. The van der Waals surface area contributed by atoms with E-state index in [0.717, 1.165) is 0 Å². The SMILES string of the molecule is COCCN(CCO)S(=O)(=O)C1CCS(=O)(=O)CC1. The van der Waals surface area contributed by atoms with Crippen molar-refractivity contribution in [2.24, 2.45) is 0 Å². The molecule has 1 aliphatic rings. The van der Waals surface area contributed by atoms with Crippen LogP contribution in [-0.2, 0) is 24.6 Å². The Balaban J connectivity index is 2.76. The van der Waals surface area contributed by atoms with Gasteiger partial charge in [0, 0.05) is 20.2 Å². The highest BCUT2D eigenvalue weighted by Gasteiger charge is 2.36. The van der Waals surface area contributed by atoms with Gasteiger partial charge in [0.15, 0.2) is 0 Å². The van der Waals surface area contributed by atoms with Gasteiger partial charge < -0.3 is 9.84 Å². The predicted octanol–water partition coefficient (Wildman–Crippen LogP) is -1.17. The van der Waals surface area contributed by atoms with Crippen LogP contribution >= 0.6 is 0 Å². The molecule has 0 radical (unpaired) electrons. The van der Waals surface area contributed by atoms with Crippen molar-refractivity contribution >= 4 is 19.9 Å². The first-order valence-corrected chi connectivity index (χ1v) is 9.45. The molecule has 1 heterocycles. The number of ether oxygens (including phenoxy) is 1. The van der Waals surface area contributed by atoms with E-state index in [2.05, 4.69) is 0 Å². The summed E-state index contributed by atoms with van der Waals surface area (Å²) in [5.74, 6) is -0.178. The van der Waals surface area contributed by atoms with Gasteiger partial charge in [0.25, 0.3) is 0 Å². The van der Waals surface area contributed by atoms with Gasteiger partial charge >= 0.3 is 0 Å². The lowest BCUT2D eigenvalue weighted by Crippen LogP contribution is -2.44. The second-order valence-corrected chi connectivity index (χ2v) is 9.03. The van der Waals surface area contributed by atoms with Crippen LogP contribution in [0.2, 0.25) is 0 Å². The molecule has 1 aliphatic heterocycles. The first kappa shape index (κ1) is 16.8. The highest BCUT2D eigenvalue weighted by atomic mass is 32.2. The van der Waals surface area contributed by atoms with Crippen molar-refractivity contribution in [3.63, 3.8) is 0 Å². The predicted molar refractivity (Wildman–Crippen MR) is 71.1 cm³/mol. The molecule has 0 amide bonds. The number of sulfone groups is 1. The number of aliphatic hydroxyl groups excluding tert-OH is 1. The molecule has 1 saturated heterocycles. The average molecular weight is 315 g/mol. The molecule has 9 heteroatoms. The van der Waals surface area contributed by atoms with Crippen molar-refractivity contribution < 1.29 is 26.7 Å². The first-order chi connectivity index (χ1) is 8.83. The normalized spacial score (nSPS) is 20.8. The molecule has 0 aromatic heterocycles. The zero-order chi connectivity index (χ0) is 14.5. The number of hydrogen-bond acceptors (Lipinski definition) is 6. The fourth-order valence-corrected chi connectivity index (χ4v) is 5.76. The van der Waals surface area contributed by atoms with Crippen LogP contribution in [0.25, 0.3) is 0 Å². The molecule has 114 valence electrons. The lowest BCUT2D eigenvalue weighted by molar-refractivity contribution is 0.168. The van der Waals surface area contributed by atoms with Crippen LogP contribution in [0.1, 0.15) is 12.8 Å². The van der Waals surface area contributed by atoms with E-state index in [-0.39, 0.29) is 50.7 Å². The Labute approximate surface area is 114 Å². The van der Waals surface area contributed by atoms with Crippen molar-refractivity contribution in [3.05, 3.63) is 0 Å². The Hall–Kier alpha value is -0.220. The highest BCUT2D eigenvalue weighted by Crippen LogP contribution is 2.22. The number of methoxy groups -OCH3 is 1. The van der Waals surface area contributed by atoms with Crippen LogP contribution in [0.4, 0.5) is 0 Å². The quantitative estimate of drug-likeness (QED) is 0.635. The Bertz CT molecular complexity index is 458. The lowest BCUT2D eigenvalue weighted by atomic mass is 10.2. The molecule has 1 N–H and O–H groups in total. The fraction of sp³-hybridized carbons (Fsp3) is 1.00. The zero-order valence-electron chi connectivity index (χ0n) is 11.0. The molecule has 19 heavy (non-hydrogen) atoms. The van der Waals surface area contributed by atoms with Crippen LogP contribution in [-0.4, -0.2) is 76.4 Å².